The van der Waals surface area contributed by atoms with Gasteiger partial charge in [0.2, 0.25) is 0 Å². The number of halogens is 1. The first-order valence-electron chi connectivity index (χ1n) is 9.73. The Kier molecular flexibility index (Phi) is 5.02. The number of nitrogens with zero attached hydrogens (tertiary/aromatic N) is 1. The summed E-state index contributed by atoms with van der Waals surface area (Å²) in [5, 5.41) is 3.89. The Bertz CT molecular complexity index is 984. The van der Waals surface area contributed by atoms with Crippen LogP contribution in [-0.2, 0) is 22.4 Å². The average Bonchev–Trinajstić information content (AvgIpc) is 2.68. The number of pyridine rings is 1. The highest BCUT2D eigenvalue weighted by atomic mass is 35.5. The number of rotatable bonds is 3. The van der Waals surface area contributed by atoms with Gasteiger partial charge in [-0.1, -0.05) is 29.8 Å². The van der Waals surface area contributed by atoms with Crippen LogP contribution in [0.1, 0.15) is 55.0 Å². The number of ether oxygens (including phenoxy) is 1. The molecule has 0 amide bonds. The molecule has 1 aliphatic carbocycles. The minimum atomic E-state index is -0.413. The molecule has 1 unspecified atom stereocenters. The van der Waals surface area contributed by atoms with Crippen molar-refractivity contribution in [3.63, 3.8) is 0 Å². The monoisotopic (exact) mass is 397 g/mol. The van der Waals surface area contributed by atoms with Crippen LogP contribution in [0.15, 0.2) is 35.5 Å². The zero-order valence-corrected chi connectivity index (χ0v) is 16.9. The van der Waals surface area contributed by atoms with Crippen molar-refractivity contribution in [1.29, 1.82) is 0 Å². The molecule has 1 aliphatic heterocycles. The van der Waals surface area contributed by atoms with E-state index in [1.54, 1.807) is 6.92 Å². The number of hydrogen-bond acceptors (Lipinski definition) is 5. The van der Waals surface area contributed by atoms with Gasteiger partial charge in [0, 0.05) is 27.7 Å². The highest BCUT2D eigenvalue weighted by Gasteiger charge is 2.37. The number of allylic oxidation sites excluding steroid dienone is 1. The summed E-state index contributed by atoms with van der Waals surface area (Å²) in [4.78, 5) is 17.8. The number of hydrogen-bond donors (Lipinski definition) is 2. The second-order valence-corrected chi connectivity index (χ2v) is 7.67. The zero-order chi connectivity index (χ0) is 19.8. The molecule has 0 spiro atoms. The molecule has 5 nitrogen and oxygen atoms in total. The largest absolute Gasteiger partial charge is 0.463 e. The van der Waals surface area contributed by atoms with E-state index in [-0.39, 0.29) is 5.97 Å². The van der Waals surface area contributed by atoms with Crippen molar-refractivity contribution in [2.24, 2.45) is 0 Å². The molecule has 0 saturated heterocycles. The van der Waals surface area contributed by atoms with Gasteiger partial charge in [0.1, 0.15) is 5.82 Å². The minimum Gasteiger partial charge on any atom is -0.463 e. The molecule has 1 atom stereocenters. The topological polar surface area (TPSA) is 77.2 Å². The van der Waals surface area contributed by atoms with Crippen LogP contribution in [0.2, 0.25) is 5.02 Å². The zero-order valence-electron chi connectivity index (χ0n) is 16.1. The van der Waals surface area contributed by atoms with E-state index in [9.17, 15) is 4.79 Å². The summed E-state index contributed by atoms with van der Waals surface area (Å²) in [5.74, 6) is -0.0578. The molecule has 0 radical (unpaired) electrons. The van der Waals surface area contributed by atoms with Crippen molar-refractivity contribution in [1.82, 2.24) is 4.98 Å². The lowest BCUT2D eigenvalue weighted by atomic mass is 9.79. The van der Waals surface area contributed by atoms with Crippen molar-refractivity contribution < 1.29 is 9.53 Å². The van der Waals surface area contributed by atoms with Gasteiger partial charge < -0.3 is 15.8 Å². The maximum absolute atomic E-state index is 12.9. The van der Waals surface area contributed by atoms with E-state index in [2.05, 4.69) is 5.32 Å². The standard InChI is InChI=1S/C22H24ClN3O2/c1-3-28-22(27)17-12(2)25-21-19(18(17)13-8-4-6-10-15(13)23)20(24)14-9-5-7-11-16(14)26-21/h4,6,8,10,18H,3,5,7,9,11H2,1-2H3,(H3,24,25,26). The first kappa shape index (κ1) is 18.8. The molecule has 0 saturated carbocycles. The molecule has 0 bridgehead atoms. The molecule has 2 aliphatic rings. The fourth-order valence-corrected chi connectivity index (χ4v) is 4.53. The number of carbonyl (C=O) groups excluding carboxylic acids is 1. The molecule has 0 fully saturated rings. The Morgan fingerprint density at radius 1 is 1.32 bits per heavy atom. The third kappa shape index (κ3) is 3.04. The highest BCUT2D eigenvalue weighted by Crippen LogP contribution is 2.48. The predicted octanol–water partition coefficient (Wildman–Crippen LogP) is 4.59. The maximum Gasteiger partial charge on any atom is 0.336 e. The molecular weight excluding hydrogens is 374 g/mol. The Morgan fingerprint density at radius 2 is 2.07 bits per heavy atom. The van der Waals surface area contributed by atoms with Gasteiger partial charge in [0.25, 0.3) is 0 Å². The Balaban J connectivity index is 1.98. The SMILES string of the molecule is CCOC(=O)C1=C(C)Nc2nc3c(c(N)c2C1c1ccccc1Cl)CCCC3. The second-order valence-electron chi connectivity index (χ2n) is 7.26. The summed E-state index contributed by atoms with van der Waals surface area (Å²) in [7, 11) is 0. The molecule has 2 heterocycles. The first-order chi connectivity index (χ1) is 13.5. The van der Waals surface area contributed by atoms with Crippen LogP contribution in [-0.4, -0.2) is 17.6 Å². The van der Waals surface area contributed by atoms with Gasteiger partial charge in [-0.25, -0.2) is 9.78 Å². The van der Waals surface area contributed by atoms with Crippen molar-refractivity contribution in [3.05, 3.63) is 62.9 Å². The van der Waals surface area contributed by atoms with Gasteiger partial charge in [-0.3, -0.25) is 0 Å². The van der Waals surface area contributed by atoms with Crippen LogP contribution in [0, 0.1) is 0 Å². The number of benzene rings is 1. The Labute approximate surface area is 169 Å². The van der Waals surface area contributed by atoms with Crippen molar-refractivity contribution >= 4 is 29.1 Å². The normalized spacial score (nSPS) is 18.2. The van der Waals surface area contributed by atoms with Gasteiger partial charge in [-0.2, -0.15) is 0 Å². The number of nitrogens with one attached hydrogen (secondary N) is 1. The lowest BCUT2D eigenvalue weighted by molar-refractivity contribution is -0.138. The third-order valence-electron chi connectivity index (χ3n) is 5.55. The van der Waals surface area contributed by atoms with E-state index in [1.807, 2.05) is 31.2 Å². The van der Waals surface area contributed by atoms with E-state index in [1.165, 1.54) is 0 Å². The van der Waals surface area contributed by atoms with Gasteiger partial charge in [0.05, 0.1) is 18.1 Å². The fraction of sp³-hybridized carbons (Fsp3) is 0.364. The van der Waals surface area contributed by atoms with Crippen LogP contribution < -0.4 is 11.1 Å². The lowest BCUT2D eigenvalue weighted by Gasteiger charge is -2.33. The second kappa shape index (κ2) is 7.47. The number of anilines is 2. The summed E-state index contributed by atoms with van der Waals surface area (Å²) in [6.07, 6.45) is 4.06. The van der Waals surface area contributed by atoms with Crippen molar-refractivity contribution in [2.75, 3.05) is 17.7 Å². The summed E-state index contributed by atoms with van der Waals surface area (Å²) in [6.45, 7) is 3.97. The number of nitrogens with two attached hydrogens (primary N) is 1. The number of aryl methyl sites for hydroxylation is 1. The van der Waals surface area contributed by atoms with E-state index in [4.69, 9.17) is 27.1 Å². The van der Waals surface area contributed by atoms with Gasteiger partial charge in [0.15, 0.2) is 0 Å². The van der Waals surface area contributed by atoms with Crippen LogP contribution >= 0.6 is 11.6 Å². The summed E-state index contributed by atoms with van der Waals surface area (Å²) in [6, 6.07) is 7.57. The van der Waals surface area contributed by atoms with Gasteiger partial charge >= 0.3 is 5.97 Å². The smallest absolute Gasteiger partial charge is 0.336 e. The minimum absolute atomic E-state index is 0.301. The molecule has 28 heavy (non-hydrogen) atoms. The van der Waals surface area contributed by atoms with Crippen LogP contribution in [0.5, 0.6) is 0 Å². The van der Waals surface area contributed by atoms with E-state index in [0.717, 1.165) is 53.8 Å². The van der Waals surface area contributed by atoms with Crippen LogP contribution in [0.25, 0.3) is 0 Å². The molecule has 6 heteroatoms. The van der Waals surface area contributed by atoms with Gasteiger partial charge in [-0.05, 0) is 56.7 Å². The van der Waals surface area contributed by atoms with E-state index < -0.39 is 5.92 Å². The maximum atomic E-state index is 12.9. The van der Waals surface area contributed by atoms with Crippen LogP contribution in [0.3, 0.4) is 0 Å². The van der Waals surface area contributed by atoms with Crippen LogP contribution in [0.4, 0.5) is 11.5 Å². The molecule has 1 aromatic carbocycles. The molecule has 1 aromatic heterocycles. The predicted molar refractivity (Wildman–Crippen MR) is 112 cm³/mol. The summed E-state index contributed by atoms with van der Waals surface area (Å²) in [5.41, 5.74) is 12.5. The lowest BCUT2D eigenvalue weighted by Crippen LogP contribution is -2.27. The quantitative estimate of drug-likeness (QED) is 0.740. The molecule has 146 valence electrons. The number of aromatic nitrogens is 1. The Hall–Kier alpha value is -2.53. The van der Waals surface area contributed by atoms with Gasteiger partial charge in [-0.15, -0.1) is 0 Å². The molecule has 4 rings (SSSR count). The highest BCUT2D eigenvalue weighted by molar-refractivity contribution is 6.31. The Morgan fingerprint density at radius 3 is 2.82 bits per heavy atom. The summed E-state index contributed by atoms with van der Waals surface area (Å²) >= 11 is 6.56. The number of esters is 1. The number of fused-ring (bicyclic) bond motifs is 2. The number of nitrogen functional groups attached to an aromatic ring is 1. The van der Waals surface area contributed by atoms with E-state index >= 15 is 0 Å². The molecule has 3 N–H and O–H groups in total. The summed E-state index contributed by atoms with van der Waals surface area (Å²) < 4.78 is 5.37. The number of carbonyl (C=O) groups is 1. The fourth-order valence-electron chi connectivity index (χ4n) is 4.28. The molecule has 2 aromatic rings. The van der Waals surface area contributed by atoms with Crippen molar-refractivity contribution in [3.8, 4) is 0 Å². The van der Waals surface area contributed by atoms with E-state index in [0.29, 0.717) is 28.7 Å². The average molecular weight is 398 g/mol. The van der Waals surface area contributed by atoms with Crippen molar-refractivity contribution in [2.45, 2.75) is 45.4 Å². The molecular formula is C22H24ClN3O2. The third-order valence-corrected chi connectivity index (χ3v) is 5.90. The first-order valence-corrected chi connectivity index (χ1v) is 10.1.